The molecule has 0 fully saturated rings. The molecule has 0 bridgehead atoms. The zero-order chi connectivity index (χ0) is 9.19. The van der Waals surface area contributed by atoms with Crippen LogP contribution < -0.4 is 0 Å². The Kier molecular flexibility index (Phi) is 2.32. The van der Waals surface area contributed by atoms with Crippen molar-refractivity contribution >= 4 is 6.08 Å². The van der Waals surface area contributed by atoms with E-state index >= 15 is 0 Å². The lowest BCUT2D eigenvalue weighted by atomic mass is 9.85. The van der Waals surface area contributed by atoms with E-state index < -0.39 is 0 Å². The molecule has 0 atom stereocenters. The Balaban J connectivity index is 3.23. The molecule has 0 spiro atoms. The van der Waals surface area contributed by atoms with Gasteiger partial charge in [0, 0.05) is 12.4 Å². The molecule has 1 rings (SSSR count). The van der Waals surface area contributed by atoms with Gasteiger partial charge in [-0.1, -0.05) is 33.4 Å². The van der Waals surface area contributed by atoms with Crippen LogP contribution >= 0.6 is 0 Å². The van der Waals surface area contributed by atoms with E-state index in [1.165, 1.54) is 11.1 Å². The molecule has 0 saturated carbocycles. The van der Waals surface area contributed by atoms with Gasteiger partial charge in [0.15, 0.2) is 0 Å². The summed E-state index contributed by atoms with van der Waals surface area (Å²) in [5, 5.41) is 0. The smallest absolute Gasteiger partial charge is 0.0311 e. The van der Waals surface area contributed by atoms with Crippen molar-refractivity contribution in [2.45, 2.75) is 26.2 Å². The van der Waals surface area contributed by atoms with Gasteiger partial charge in [-0.3, -0.25) is 4.98 Å². The normalized spacial score (nSPS) is 11.2. The Morgan fingerprint density at radius 1 is 1.42 bits per heavy atom. The molecular formula is C11H15N. The summed E-state index contributed by atoms with van der Waals surface area (Å²) >= 11 is 0. The van der Waals surface area contributed by atoms with Gasteiger partial charge in [0.1, 0.15) is 0 Å². The Bertz CT molecular complexity index is 281. The average Bonchev–Trinajstić information content (AvgIpc) is 2.03. The van der Waals surface area contributed by atoms with Crippen LogP contribution in [0, 0.1) is 0 Å². The van der Waals surface area contributed by atoms with Crippen molar-refractivity contribution in [1.82, 2.24) is 4.98 Å². The second-order valence-electron chi connectivity index (χ2n) is 3.92. The first-order valence-electron chi connectivity index (χ1n) is 4.12. The number of nitrogens with zero attached hydrogens (tertiary/aromatic N) is 1. The van der Waals surface area contributed by atoms with Crippen molar-refractivity contribution < 1.29 is 0 Å². The summed E-state index contributed by atoms with van der Waals surface area (Å²) in [4.78, 5) is 4.11. The second kappa shape index (κ2) is 3.10. The van der Waals surface area contributed by atoms with Crippen molar-refractivity contribution in [2.24, 2.45) is 0 Å². The number of hydrogen-bond donors (Lipinski definition) is 0. The summed E-state index contributed by atoms with van der Waals surface area (Å²) in [7, 11) is 0. The molecule has 1 nitrogen and oxygen atoms in total. The van der Waals surface area contributed by atoms with Gasteiger partial charge in [0.2, 0.25) is 0 Å². The van der Waals surface area contributed by atoms with E-state index in [4.69, 9.17) is 0 Å². The minimum atomic E-state index is 0.151. The summed E-state index contributed by atoms with van der Waals surface area (Å²) in [6.45, 7) is 10.3. The van der Waals surface area contributed by atoms with Crippen LogP contribution in [-0.4, -0.2) is 4.98 Å². The fraction of sp³-hybridized carbons (Fsp3) is 0.364. The van der Waals surface area contributed by atoms with Crippen LogP contribution in [0.15, 0.2) is 25.0 Å². The average molecular weight is 161 g/mol. The molecule has 0 aromatic carbocycles. The SMILES string of the molecule is C=Cc1ccncc1C(C)(C)C. The van der Waals surface area contributed by atoms with Crippen LogP contribution in [0.4, 0.5) is 0 Å². The van der Waals surface area contributed by atoms with E-state index in [0.29, 0.717) is 0 Å². The fourth-order valence-electron chi connectivity index (χ4n) is 1.21. The zero-order valence-corrected chi connectivity index (χ0v) is 7.96. The standard InChI is InChI=1S/C11H15N/c1-5-9-6-7-12-8-10(9)11(2,3)4/h5-8H,1H2,2-4H3. The largest absolute Gasteiger partial charge is 0.264 e. The van der Waals surface area contributed by atoms with E-state index in [2.05, 4.69) is 32.3 Å². The molecule has 1 aromatic rings. The summed E-state index contributed by atoms with van der Waals surface area (Å²) in [6.07, 6.45) is 5.59. The summed E-state index contributed by atoms with van der Waals surface area (Å²) in [6, 6.07) is 1.99. The minimum absolute atomic E-state index is 0.151. The Hall–Kier alpha value is -1.11. The van der Waals surface area contributed by atoms with Crippen molar-refractivity contribution in [1.29, 1.82) is 0 Å². The van der Waals surface area contributed by atoms with Gasteiger partial charge in [-0.15, -0.1) is 0 Å². The molecule has 0 aliphatic carbocycles. The molecule has 1 aromatic heterocycles. The maximum absolute atomic E-state index is 4.11. The first-order valence-corrected chi connectivity index (χ1v) is 4.12. The van der Waals surface area contributed by atoms with Crippen molar-refractivity contribution in [3.8, 4) is 0 Å². The molecule has 0 aliphatic heterocycles. The summed E-state index contributed by atoms with van der Waals surface area (Å²) < 4.78 is 0. The van der Waals surface area contributed by atoms with Crippen LogP contribution in [0.2, 0.25) is 0 Å². The van der Waals surface area contributed by atoms with Gasteiger partial charge in [-0.2, -0.15) is 0 Å². The molecule has 0 N–H and O–H groups in total. The van der Waals surface area contributed by atoms with Gasteiger partial charge in [-0.05, 0) is 22.6 Å². The number of hydrogen-bond acceptors (Lipinski definition) is 1. The lowest BCUT2D eigenvalue weighted by molar-refractivity contribution is 0.586. The number of pyridine rings is 1. The van der Waals surface area contributed by atoms with Gasteiger partial charge >= 0.3 is 0 Å². The van der Waals surface area contributed by atoms with Crippen LogP contribution in [0.1, 0.15) is 31.9 Å². The topological polar surface area (TPSA) is 12.9 Å². The number of rotatable bonds is 1. The summed E-state index contributed by atoms with van der Waals surface area (Å²) in [5.41, 5.74) is 2.58. The molecule has 0 radical (unpaired) electrons. The molecule has 1 heterocycles. The Morgan fingerprint density at radius 2 is 2.08 bits per heavy atom. The van der Waals surface area contributed by atoms with E-state index in [1.807, 2.05) is 18.3 Å². The highest BCUT2D eigenvalue weighted by Gasteiger charge is 2.15. The van der Waals surface area contributed by atoms with Crippen molar-refractivity contribution in [3.05, 3.63) is 36.2 Å². The maximum Gasteiger partial charge on any atom is 0.0311 e. The van der Waals surface area contributed by atoms with E-state index in [-0.39, 0.29) is 5.41 Å². The van der Waals surface area contributed by atoms with E-state index in [0.717, 1.165) is 0 Å². The van der Waals surface area contributed by atoms with E-state index in [1.54, 1.807) is 6.20 Å². The molecule has 64 valence electrons. The van der Waals surface area contributed by atoms with E-state index in [9.17, 15) is 0 Å². The van der Waals surface area contributed by atoms with Gasteiger partial charge in [-0.25, -0.2) is 0 Å². The fourth-order valence-corrected chi connectivity index (χ4v) is 1.21. The molecule has 0 amide bonds. The minimum Gasteiger partial charge on any atom is -0.264 e. The lowest BCUT2D eigenvalue weighted by Gasteiger charge is -2.20. The first-order chi connectivity index (χ1) is 5.55. The number of aromatic nitrogens is 1. The summed E-state index contributed by atoms with van der Waals surface area (Å²) in [5.74, 6) is 0. The third-order valence-corrected chi connectivity index (χ3v) is 1.88. The second-order valence-corrected chi connectivity index (χ2v) is 3.92. The highest BCUT2D eigenvalue weighted by Crippen LogP contribution is 2.25. The molecule has 0 unspecified atom stereocenters. The molecule has 1 heteroatoms. The van der Waals surface area contributed by atoms with Crippen LogP contribution in [-0.2, 0) is 5.41 Å². The lowest BCUT2D eigenvalue weighted by Crippen LogP contribution is -2.13. The highest BCUT2D eigenvalue weighted by atomic mass is 14.6. The zero-order valence-electron chi connectivity index (χ0n) is 7.96. The Morgan fingerprint density at radius 3 is 2.50 bits per heavy atom. The predicted octanol–water partition coefficient (Wildman–Crippen LogP) is 3.02. The van der Waals surface area contributed by atoms with Crippen LogP contribution in [0.25, 0.3) is 6.08 Å². The van der Waals surface area contributed by atoms with Crippen molar-refractivity contribution in [2.75, 3.05) is 0 Å². The predicted molar refractivity (Wildman–Crippen MR) is 53.0 cm³/mol. The maximum atomic E-state index is 4.11. The molecular weight excluding hydrogens is 146 g/mol. The van der Waals surface area contributed by atoms with Crippen LogP contribution in [0.5, 0.6) is 0 Å². The third-order valence-electron chi connectivity index (χ3n) is 1.88. The molecule has 0 aliphatic rings. The van der Waals surface area contributed by atoms with Crippen molar-refractivity contribution in [3.63, 3.8) is 0 Å². The molecule has 0 saturated heterocycles. The highest BCUT2D eigenvalue weighted by molar-refractivity contribution is 5.52. The van der Waals surface area contributed by atoms with Crippen LogP contribution in [0.3, 0.4) is 0 Å². The quantitative estimate of drug-likeness (QED) is 0.617. The Labute approximate surface area is 74.2 Å². The van der Waals surface area contributed by atoms with Gasteiger partial charge in [0.05, 0.1) is 0 Å². The van der Waals surface area contributed by atoms with Gasteiger partial charge in [0.25, 0.3) is 0 Å². The third kappa shape index (κ3) is 1.73. The first kappa shape index (κ1) is 8.98. The van der Waals surface area contributed by atoms with Gasteiger partial charge < -0.3 is 0 Å². The monoisotopic (exact) mass is 161 g/mol. The molecule has 12 heavy (non-hydrogen) atoms.